The van der Waals surface area contributed by atoms with Gasteiger partial charge in [-0.3, -0.25) is 19.2 Å². The van der Waals surface area contributed by atoms with Crippen LogP contribution in [0.3, 0.4) is 0 Å². The molecule has 6 nitrogen and oxygen atoms in total. The molecule has 7 aromatic rings. The molecule has 8 heteroatoms. The predicted octanol–water partition coefficient (Wildman–Crippen LogP) is 13.4. The highest BCUT2D eigenvalue weighted by molar-refractivity contribution is 9.11. The SMILES string of the molecule is CC(C)c1cccc(N2C(=O)c3ccc4c5c(Br)cc6c7c(ccc(c8c(Br)cc(c3c48)C2=O)c75)C(=O)N(c2cccc(C(C)C)c2C(C)C)C6=O)c1C(C)C. The van der Waals surface area contributed by atoms with E-state index in [2.05, 4.69) is 99.4 Å². The van der Waals surface area contributed by atoms with E-state index >= 15 is 0 Å². The molecule has 4 amide bonds. The number of rotatable bonds is 6. The van der Waals surface area contributed by atoms with E-state index in [9.17, 15) is 19.2 Å². The minimum absolute atomic E-state index is 0.0805. The Hall–Kier alpha value is -4.92. The number of fused-ring (bicyclic) bond motifs is 2. The van der Waals surface area contributed by atoms with Crippen molar-refractivity contribution >= 4 is 110 Å². The molecule has 2 aliphatic heterocycles. The molecule has 0 spiro atoms. The van der Waals surface area contributed by atoms with Crippen molar-refractivity contribution in [3.63, 3.8) is 0 Å². The van der Waals surface area contributed by atoms with E-state index in [1.54, 1.807) is 0 Å². The van der Waals surface area contributed by atoms with Gasteiger partial charge in [0.25, 0.3) is 23.6 Å². The summed E-state index contributed by atoms with van der Waals surface area (Å²) in [7, 11) is 0. The second-order valence-corrected chi connectivity index (χ2v) is 18.2. The van der Waals surface area contributed by atoms with Crippen LogP contribution in [0.2, 0.25) is 0 Å². The molecule has 0 atom stereocenters. The van der Waals surface area contributed by atoms with Gasteiger partial charge in [0.15, 0.2) is 0 Å². The van der Waals surface area contributed by atoms with E-state index in [-0.39, 0.29) is 47.3 Å². The number of carbonyl (C=O) groups is 4. The lowest BCUT2D eigenvalue weighted by atomic mass is 9.81. The van der Waals surface area contributed by atoms with Gasteiger partial charge in [0, 0.05) is 52.4 Å². The van der Waals surface area contributed by atoms with E-state index in [1.165, 1.54) is 9.80 Å². The highest BCUT2D eigenvalue weighted by Gasteiger charge is 2.40. The maximum atomic E-state index is 14.7. The van der Waals surface area contributed by atoms with Crippen LogP contribution in [0.1, 0.15) is 143 Å². The summed E-state index contributed by atoms with van der Waals surface area (Å²) in [4.78, 5) is 61.5. The van der Waals surface area contributed by atoms with E-state index in [0.717, 1.165) is 54.6 Å². The summed E-state index contributed by atoms with van der Waals surface area (Å²) in [5, 5.41) is 6.04. The van der Waals surface area contributed by atoms with Gasteiger partial charge < -0.3 is 0 Å². The van der Waals surface area contributed by atoms with Crippen LogP contribution in [0.4, 0.5) is 11.4 Å². The van der Waals surface area contributed by atoms with Gasteiger partial charge in [-0.25, -0.2) is 9.80 Å². The first kappa shape index (κ1) is 36.7. The van der Waals surface area contributed by atoms with E-state index in [1.807, 2.05) is 60.7 Å². The summed E-state index contributed by atoms with van der Waals surface area (Å²) in [5.41, 5.74) is 7.21. The number of carbonyl (C=O) groups excluding carboxylic acids is 4. The molecule has 280 valence electrons. The molecule has 0 fully saturated rings. The predicted molar refractivity (Wildman–Crippen MR) is 235 cm³/mol. The molecule has 0 saturated heterocycles. The Kier molecular flexibility index (Phi) is 8.39. The van der Waals surface area contributed by atoms with Gasteiger partial charge in [0.05, 0.1) is 22.5 Å². The molecule has 0 aromatic heterocycles. The topological polar surface area (TPSA) is 74.8 Å². The van der Waals surface area contributed by atoms with Crippen molar-refractivity contribution in [3.05, 3.63) is 126 Å². The zero-order valence-corrected chi connectivity index (χ0v) is 35.7. The van der Waals surface area contributed by atoms with Crippen molar-refractivity contribution in [2.45, 2.75) is 79.1 Å². The van der Waals surface area contributed by atoms with Crippen molar-refractivity contribution in [2.24, 2.45) is 0 Å². The molecule has 0 bridgehead atoms. The fraction of sp³-hybridized carbons (Fsp3) is 0.250. The van der Waals surface area contributed by atoms with Gasteiger partial charge in [-0.1, -0.05) is 124 Å². The molecule has 0 aliphatic carbocycles. The number of nitrogens with zero attached hydrogens (tertiary/aromatic N) is 2. The van der Waals surface area contributed by atoms with Crippen LogP contribution < -0.4 is 9.80 Å². The number of halogens is 2. The molecule has 56 heavy (non-hydrogen) atoms. The van der Waals surface area contributed by atoms with Crippen molar-refractivity contribution in [3.8, 4) is 0 Å². The Morgan fingerprint density at radius 3 is 1.11 bits per heavy atom. The number of hydrogen-bond acceptors (Lipinski definition) is 4. The first-order valence-corrected chi connectivity index (χ1v) is 20.9. The number of imide groups is 2. The summed E-state index contributed by atoms with van der Waals surface area (Å²) < 4.78 is 1.37. The Labute approximate surface area is 342 Å². The van der Waals surface area contributed by atoms with Crippen LogP contribution in [0.15, 0.2) is 81.7 Å². The van der Waals surface area contributed by atoms with Crippen molar-refractivity contribution in [1.29, 1.82) is 0 Å². The van der Waals surface area contributed by atoms with E-state index < -0.39 is 0 Å². The molecule has 9 rings (SSSR count). The average molecular weight is 869 g/mol. The molecular formula is C48H40Br2N2O4. The lowest BCUT2D eigenvalue weighted by Crippen LogP contribution is -2.41. The summed E-state index contributed by atoms with van der Waals surface area (Å²) in [5.74, 6) is -0.890. The zero-order chi connectivity index (χ0) is 39.8. The normalized spacial score (nSPS) is 14.6. The first-order valence-electron chi connectivity index (χ1n) is 19.3. The van der Waals surface area contributed by atoms with Gasteiger partial charge >= 0.3 is 0 Å². The van der Waals surface area contributed by atoms with Gasteiger partial charge in [-0.2, -0.15) is 0 Å². The third kappa shape index (κ3) is 4.84. The molecule has 0 radical (unpaired) electrons. The molecule has 2 heterocycles. The standard InChI is InChI=1S/C48H40Br2N2O4/c1-21(2)25-11-9-13-35(37(25)23(5)6)51-45(53)29-17-15-27-42-34(50)20-32-40-30(18-16-28(44(40)42)41-33(49)19-31(47(51)55)39(29)43(27)41)46(54)52(48(32)56)36-14-10-12-26(22(3)4)38(36)24(7)8/h9-24H,1-8H3. The van der Waals surface area contributed by atoms with Crippen LogP contribution >= 0.6 is 31.9 Å². The smallest absolute Gasteiger partial charge is 0.266 e. The lowest BCUT2D eigenvalue weighted by molar-refractivity contribution is 0.0877. The zero-order valence-electron chi connectivity index (χ0n) is 32.5. The lowest BCUT2D eigenvalue weighted by Gasteiger charge is -2.33. The van der Waals surface area contributed by atoms with Crippen molar-refractivity contribution < 1.29 is 19.2 Å². The summed E-state index contributed by atoms with van der Waals surface area (Å²) in [6, 6.07) is 23.0. The Morgan fingerprint density at radius 2 is 0.768 bits per heavy atom. The fourth-order valence-electron chi connectivity index (χ4n) is 9.60. The van der Waals surface area contributed by atoms with Crippen LogP contribution in [0.5, 0.6) is 0 Å². The third-order valence-electron chi connectivity index (χ3n) is 11.9. The summed E-state index contributed by atoms with van der Waals surface area (Å²) >= 11 is 7.74. The average Bonchev–Trinajstić information content (AvgIpc) is 3.15. The van der Waals surface area contributed by atoms with E-state index in [0.29, 0.717) is 53.3 Å². The van der Waals surface area contributed by atoms with Crippen molar-refractivity contribution in [2.75, 3.05) is 9.80 Å². The minimum Gasteiger partial charge on any atom is -0.268 e. The Bertz CT molecular complexity index is 2740. The van der Waals surface area contributed by atoms with Gasteiger partial charge in [-0.15, -0.1) is 0 Å². The summed E-state index contributed by atoms with van der Waals surface area (Å²) in [6.45, 7) is 16.9. The van der Waals surface area contributed by atoms with Crippen LogP contribution in [0, 0.1) is 0 Å². The number of benzene rings is 7. The molecular weight excluding hydrogens is 828 g/mol. The summed E-state index contributed by atoms with van der Waals surface area (Å²) in [6.07, 6.45) is 0. The highest BCUT2D eigenvalue weighted by Crippen LogP contribution is 2.51. The maximum absolute atomic E-state index is 14.7. The van der Waals surface area contributed by atoms with Crippen molar-refractivity contribution in [1.82, 2.24) is 0 Å². The largest absolute Gasteiger partial charge is 0.268 e. The fourth-order valence-corrected chi connectivity index (χ4v) is 10.9. The molecule has 0 N–H and O–H groups in total. The monoisotopic (exact) mass is 866 g/mol. The van der Waals surface area contributed by atoms with Gasteiger partial charge in [-0.05, 0) is 93.1 Å². The number of anilines is 2. The Morgan fingerprint density at radius 1 is 0.411 bits per heavy atom. The molecule has 2 aliphatic rings. The van der Waals surface area contributed by atoms with Crippen LogP contribution in [-0.4, -0.2) is 23.6 Å². The van der Waals surface area contributed by atoms with Gasteiger partial charge in [0.2, 0.25) is 0 Å². The van der Waals surface area contributed by atoms with Crippen LogP contribution in [-0.2, 0) is 0 Å². The molecule has 0 saturated carbocycles. The highest BCUT2D eigenvalue weighted by atomic mass is 79.9. The van der Waals surface area contributed by atoms with E-state index in [4.69, 9.17) is 0 Å². The third-order valence-corrected chi connectivity index (χ3v) is 13.1. The maximum Gasteiger partial charge on any atom is 0.266 e. The quantitative estimate of drug-likeness (QED) is 0.0948. The minimum atomic E-state index is -0.372. The number of hydrogen-bond donors (Lipinski definition) is 0. The van der Waals surface area contributed by atoms with Gasteiger partial charge in [0.1, 0.15) is 0 Å². The molecule has 0 unspecified atom stereocenters. The second-order valence-electron chi connectivity index (χ2n) is 16.5. The number of amides is 4. The first-order chi connectivity index (χ1) is 26.6. The van der Waals surface area contributed by atoms with Crippen LogP contribution in [0.25, 0.3) is 43.1 Å². The second kappa shape index (κ2) is 12.8. The molecule has 7 aromatic carbocycles. The Balaban J connectivity index is 1.31.